The Bertz CT molecular complexity index is 448. The average Bonchev–Trinajstić information content (AvgIpc) is 2.40. The lowest BCUT2D eigenvalue weighted by atomic mass is 10.0. The van der Waals surface area contributed by atoms with Gasteiger partial charge in [-0.1, -0.05) is 6.07 Å². The van der Waals surface area contributed by atoms with Crippen molar-refractivity contribution in [3.8, 4) is 6.07 Å². The van der Waals surface area contributed by atoms with Crippen molar-refractivity contribution < 1.29 is 0 Å². The van der Waals surface area contributed by atoms with Gasteiger partial charge in [-0.3, -0.25) is 0 Å². The fourth-order valence-corrected chi connectivity index (χ4v) is 2.69. The van der Waals surface area contributed by atoms with Crippen molar-refractivity contribution in [3.63, 3.8) is 0 Å². The smallest absolute Gasteiger partial charge is 0.101 e. The monoisotopic (exact) mass is 243 g/mol. The quantitative estimate of drug-likeness (QED) is 0.887. The summed E-state index contributed by atoms with van der Waals surface area (Å²) in [5.74, 6) is 0. The van der Waals surface area contributed by atoms with E-state index in [1.165, 1.54) is 24.8 Å². The van der Waals surface area contributed by atoms with E-state index in [2.05, 4.69) is 35.3 Å². The third kappa shape index (κ3) is 2.65. The summed E-state index contributed by atoms with van der Waals surface area (Å²) in [5, 5.41) is 12.5. The van der Waals surface area contributed by atoms with Crippen LogP contribution in [0.25, 0.3) is 0 Å². The lowest BCUT2D eigenvalue weighted by Gasteiger charge is -2.36. The van der Waals surface area contributed by atoms with Crippen LogP contribution in [-0.4, -0.2) is 19.6 Å². The van der Waals surface area contributed by atoms with Gasteiger partial charge in [0.1, 0.15) is 6.07 Å². The molecule has 0 bridgehead atoms. The molecule has 1 aliphatic heterocycles. The average molecular weight is 243 g/mol. The molecule has 1 unspecified atom stereocenters. The number of hydrogen-bond donors (Lipinski definition) is 1. The first-order valence-corrected chi connectivity index (χ1v) is 6.70. The Kier molecular flexibility index (Phi) is 4.22. The molecule has 1 fully saturated rings. The van der Waals surface area contributed by atoms with Crippen LogP contribution in [-0.2, 0) is 6.54 Å². The number of nitrogens with one attached hydrogen (secondary N) is 1. The van der Waals surface area contributed by atoms with Crippen molar-refractivity contribution in [2.45, 2.75) is 38.8 Å². The molecular weight excluding hydrogens is 222 g/mol. The molecule has 1 saturated heterocycles. The Labute approximate surface area is 109 Å². The van der Waals surface area contributed by atoms with Gasteiger partial charge in [0.15, 0.2) is 0 Å². The first kappa shape index (κ1) is 12.9. The van der Waals surface area contributed by atoms with Crippen LogP contribution in [0.3, 0.4) is 0 Å². The molecule has 18 heavy (non-hydrogen) atoms. The molecule has 1 aliphatic rings. The Morgan fingerprint density at radius 2 is 2.28 bits per heavy atom. The van der Waals surface area contributed by atoms with Gasteiger partial charge < -0.3 is 10.2 Å². The minimum absolute atomic E-state index is 0.543. The molecule has 1 aromatic rings. The van der Waals surface area contributed by atoms with E-state index in [0.29, 0.717) is 6.04 Å². The Hall–Kier alpha value is -1.53. The molecule has 0 aromatic heterocycles. The minimum Gasteiger partial charge on any atom is -0.368 e. The highest BCUT2D eigenvalue weighted by Crippen LogP contribution is 2.28. The summed E-state index contributed by atoms with van der Waals surface area (Å²) in [4.78, 5) is 2.38. The maximum atomic E-state index is 9.33. The fourth-order valence-electron chi connectivity index (χ4n) is 2.69. The molecule has 1 aromatic carbocycles. The number of anilines is 1. The third-order valence-electron chi connectivity index (χ3n) is 3.67. The molecular formula is C15H21N3. The molecule has 2 rings (SSSR count). The highest BCUT2D eigenvalue weighted by molar-refractivity contribution is 5.61. The van der Waals surface area contributed by atoms with Gasteiger partial charge >= 0.3 is 0 Å². The van der Waals surface area contributed by atoms with Crippen LogP contribution in [0.5, 0.6) is 0 Å². The van der Waals surface area contributed by atoms with Gasteiger partial charge in [-0.05, 0) is 50.9 Å². The summed E-state index contributed by atoms with van der Waals surface area (Å²) < 4.78 is 0. The molecule has 1 atom stereocenters. The zero-order valence-corrected chi connectivity index (χ0v) is 11.2. The zero-order valence-electron chi connectivity index (χ0n) is 11.2. The molecule has 3 nitrogen and oxygen atoms in total. The second kappa shape index (κ2) is 5.88. The standard InChI is InChI=1S/C15H21N3/c1-12-5-3-4-8-18(12)15-7-6-13(11-17-2)9-14(15)10-16/h6-7,9,12,17H,3-5,8,11H2,1-2H3. The molecule has 1 N–H and O–H groups in total. The van der Waals surface area contributed by atoms with Gasteiger partial charge in [0.25, 0.3) is 0 Å². The third-order valence-corrected chi connectivity index (χ3v) is 3.67. The van der Waals surface area contributed by atoms with Crippen LogP contribution in [0.2, 0.25) is 0 Å². The molecule has 0 saturated carbocycles. The van der Waals surface area contributed by atoms with Gasteiger partial charge in [0.05, 0.1) is 11.3 Å². The van der Waals surface area contributed by atoms with E-state index in [1.54, 1.807) is 0 Å². The van der Waals surface area contributed by atoms with Crippen molar-refractivity contribution in [1.29, 1.82) is 5.26 Å². The van der Waals surface area contributed by atoms with E-state index in [-0.39, 0.29) is 0 Å². The van der Waals surface area contributed by atoms with Gasteiger partial charge in [-0.15, -0.1) is 0 Å². The topological polar surface area (TPSA) is 39.1 Å². The highest BCUT2D eigenvalue weighted by atomic mass is 15.2. The fraction of sp³-hybridized carbons (Fsp3) is 0.533. The molecule has 1 heterocycles. The Morgan fingerprint density at radius 3 is 2.94 bits per heavy atom. The predicted molar refractivity (Wildman–Crippen MR) is 74.6 cm³/mol. The van der Waals surface area contributed by atoms with Crippen molar-refractivity contribution in [1.82, 2.24) is 5.32 Å². The summed E-state index contributed by atoms with van der Waals surface area (Å²) in [7, 11) is 1.92. The van der Waals surface area contributed by atoms with E-state index in [9.17, 15) is 5.26 Å². The summed E-state index contributed by atoms with van der Waals surface area (Å²) in [6.07, 6.45) is 3.76. The summed E-state index contributed by atoms with van der Waals surface area (Å²) >= 11 is 0. The van der Waals surface area contributed by atoms with E-state index in [1.807, 2.05) is 13.1 Å². The minimum atomic E-state index is 0.543. The second-order valence-electron chi connectivity index (χ2n) is 5.03. The normalized spacial score (nSPS) is 19.6. The number of benzene rings is 1. The number of piperidine rings is 1. The van der Waals surface area contributed by atoms with E-state index >= 15 is 0 Å². The van der Waals surface area contributed by atoms with Crippen molar-refractivity contribution in [2.24, 2.45) is 0 Å². The van der Waals surface area contributed by atoms with Crippen molar-refractivity contribution in [2.75, 3.05) is 18.5 Å². The van der Waals surface area contributed by atoms with Gasteiger partial charge in [0.2, 0.25) is 0 Å². The summed E-state index contributed by atoms with van der Waals surface area (Å²) in [6.45, 7) is 4.13. The Morgan fingerprint density at radius 1 is 1.44 bits per heavy atom. The van der Waals surface area contributed by atoms with E-state index in [0.717, 1.165) is 24.3 Å². The molecule has 0 radical (unpaired) electrons. The number of rotatable bonds is 3. The second-order valence-corrected chi connectivity index (χ2v) is 5.03. The zero-order chi connectivity index (χ0) is 13.0. The van der Waals surface area contributed by atoms with Crippen LogP contribution in [0.4, 0.5) is 5.69 Å². The largest absolute Gasteiger partial charge is 0.368 e. The van der Waals surface area contributed by atoms with Crippen LogP contribution >= 0.6 is 0 Å². The van der Waals surface area contributed by atoms with E-state index < -0.39 is 0 Å². The SMILES string of the molecule is CNCc1ccc(N2CCCCC2C)c(C#N)c1. The molecule has 96 valence electrons. The molecule has 0 aliphatic carbocycles. The maximum Gasteiger partial charge on any atom is 0.101 e. The van der Waals surface area contributed by atoms with Crippen LogP contribution in [0, 0.1) is 11.3 Å². The maximum absolute atomic E-state index is 9.33. The van der Waals surface area contributed by atoms with Crippen LogP contribution in [0.1, 0.15) is 37.3 Å². The summed E-state index contributed by atoms with van der Waals surface area (Å²) in [6, 6.07) is 9.12. The predicted octanol–water partition coefficient (Wildman–Crippen LogP) is 2.66. The highest BCUT2D eigenvalue weighted by Gasteiger charge is 2.20. The van der Waals surface area contributed by atoms with Gasteiger partial charge in [-0.2, -0.15) is 5.26 Å². The summed E-state index contributed by atoms with van der Waals surface area (Å²) in [5.41, 5.74) is 3.07. The number of hydrogen-bond acceptors (Lipinski definition) is 3. The van der Waals surface area contributed by atoms with Gasteiger partial charge in [-0.25, -0.2) is 0 Å². The van der Waals surface area contributed by atoms with Crippen molar-refractivity contribution in [3.05, 3.63) is 29.3 Å². The number of nitrogens with zero attached hydrogens (tertiary/aromatic N) is 2. The van der Waals surface area contributed by atoms with E-state index in [4.69, 9.17) is 0 Å². The molecule has 0 spiro atoms. The first-order chi connectivity index (χ1) is 8.76. The van der Waals surface area contributed by atoms with Crippen LogP contribution in [0.15, 0.2) is 18.2 Å². The lowest BCUT2D eigenvalue weighted by molar-refractivity contribution is 0.484. The lowest BCUT2D eigenvalue weighted by Crippen LogP contribution is -2.37. The number of nitriles is 1. The molecule has 0 amide bonds. The van der Waals surface area contributed by atoms with Gasteiger partial charge in [0, 0.05) is 19.1 Å². The van der Waals surface area contributed by atoms with Crippen molar-refractivity contribution >= 4 is 5.69 Å². The molecule has 3 heteroatoms. The van der Waals surface area contributed by atoms with Crippen LogP contribution < -0.4 is 10.2 Å². The first-order valence-electron chi connectivity index (χ1n) is 6.70. The Balaban J connectivity index is 2.29.